The lowest BCUT2D eigenvalue weighted by Gasteiger charge is -2.31. The van der Waals surface area contributed by atoms with Crippen LogP contribution in [0.5, 0.6) is 0 Å². The number of thiazole rings is 1. The van der Waals surface area contributed by atoms with Crippen molar-refractivity contribution in [3.63, 3.8) is 0 Å². The highest BCUT2D eigenvalue weighted by atomic mass is 32.2. The van der Waals surface area contributed by atoms with Crippen LogP contribution in [-0.2, 0) is 31.8 Å². The average Bonchev–Trinajstić information content (AvgIpc) is 3.43. The molecule has 14 heteroatoms. The lowest BCUT2D eigenvalue weighted by atomic mass is 9.83. The Kier molecular flexibility index (Phi) is 7.63. The van der Waals surface area contributed by atoms with Gasteiger partial charge in [-0.25, -0.2) is 4.90 Å². The van der Waals surface area contributed by atoms with Gasteiger partial charge in [0.05, 0.1) is 35.4 Å². The lowest BCUT2D eigenvalue weighted by Crippen LogP contribution is -2.43. The molecule has 0 N–H and O–H groups in total. The molecule has 6 rings (SSSR count). The van der Waals surface area contributed by atoms with Crippen molar-refractivity contribution in [2.75, 3.05) is 50.2 Å². The second-order valence-electron chi connectivity index (χ2n) is 10.7. The monoisotopic (exact) mass is 632 g/mol. The molecule has 2 unspecified atom stereocenters. The molecule has 3 aromatic rings. The van der Waals surface area contributed by atoms with Crippen LogP contribution in [0.2, 0.25) is 0 Å². The van der Waals surface area contributed by atoms with E-state index in [1.807, 2.05) is 43.3 Å². The summed E-state index contributed by atoms with van der Waals surface area (Å²) in [6.45, 7) is 1.36. The molecule has 2 aromatic carbocycles. The van der Waals surface area contributed by atoms with Crippen molar-refractivity contribution in [3.05, 3.63) is 74.2 Å². The molecule has 2 fully saturated rings. The molecule has 1 aromatic heterocycles. The van der Waals surface area contributed by atoms with E-state index < -0.39 is 40.6 Å². The Morgan fingerprint density at radius 2 is 1.72 bits per heavy atom. The van der Waals surface area contributed by atoms with Gasteiger partial charge in [-0.1, -0.05) is 41.3 Å². The third-order valence-electron chi connectivity index (χ3n) is 7.91. The fraction of sp³-hybridized carbons (Fsp3) is 0.379. The number of imide groups is 1. The van der Waals surface area contributed by atoms with Gasteiger partial charge in [0.2, 0.25) is 17.7 Å². The second kappa shape index (κ2) is 11.1. The molecule has 43 heavy (non-hydrogen) atoms. The number of ether oxygens (including phenoxy) is 1. The average molecular weight is 633 g/mol. The van der Waals surface area contributed by atoms with Gasteiger partial charge >= 0.3 is 11.0 Å². The van der Waals surface area contributed by atoms with E-state index in [1.54, 1.807) is 4.90 Å². The maximum Gasteiger partial charge on any atom is 0.416 e. The minimum absolute atomic E-state index is 0.162. The van der Waals surface area contributed by atoms with Gasteiger partial charge in [-0.3, -0.25) is 23.7 Å². The van der Waals surface area contributed by atoms with Crippen LogP contribution in [0.4, 0.5) is 24.5 Å². The summed E-state index contributed by atoms with van der Waals surface area (Å²) in [5, 5.41) is -0.585. The maximum atomic E-state index is 14.0. The zero-order valence-electron chi connectivity index (χ0n) is 23.2. The first kappa shape index (κ1) is 29.5. The molecule has 3 atom stereocenters. The summed E-state index contributed by atoms with van der Waals surface area (Å²) in [6.07, 6.45) is -4.66. The predicted octanol–water partition coefficient (Wildman–Crippen LogP) is 3.65. The Hall–Kier alpha value is -3.62. The topological polar surface area (TPSA) is 92.2 Å². The molecule has 3 aliphatic heterocycles. The number of hydrogen-bond acceptors (Lipinski definition) is 8. The number of benzene rings is 2. The normalized spacial score (nSPS) is 22.0. The summed E-state index contributed by atoms with van der Waals surface area (Å²) in [6, 6.07) is 11.5. The molecule has 0 bridgehead atoms. The second-order valence-corrected chi connectivity index (χ2v) is 12.8. The molecule has 0 spiro atoms. The van der Waals surface area contributed by atoms with E-state index in [2.05, 4.69) is 0 Å². The summed E-state index contributed by atoms with van der Waals surface area (Å²) < 4.78 is 47.2. The number of alkyl halides is 3. The summed E-state index contributed by atoms with van der Waals surface area (Å²) in [7, 11) is 3.76. The number of halogens is 3. The van der Waals surface area contributed by atoms with E-state index in [4.69, 9.17) is 4.74 Å². The minimum Gasteiger partial charge on any atom is -0.378 e. The van der Waals surface area contributed by atoms with Gasteiger partial charge < -0.3 is 14.5 Å². The first-order valence-electron chi connectivity index (χ1n) is 13.5. The standard InChI is InChI=1S/C29H27F3N4O5S2/c1-33(2)18-8-6-16(7-9-18)21-22-23(26(39)36(25(22)38)19-5-3-4-17(14-19)29(30,31)32)42-27-24(21)43-28(40)35(27)15-20(37)34-10-12-41-13-11-34/h3-9,14,21-23H,10-13,15H2,1-2H3/t21-,22?,23?/m1/s1. The van der Waals surface area contributed by atoms with Crippen LogP contribution >= 0.6 is 23.1 Å². The molecule has 0 aliphatic carbocycles. The SMILES string of the molecule is CN(C)c1ccc([C@H]2c3sc(=O)n(CC(=O)N4CCOCC4)c3SC3C(=O)N(c4cccc(C(F)(F)F)c4)C(=O)C32)cc1. The molecular formula is C29H27F3N4O5S2. The molecule has 0 radical (unpaired) electrons. The summed E-state index contributed by atoms with van der Waals surface area (Å²) >= 11 is 1.95. The van der Waals surface area contributed by atoms with E-state index in [-0.39, 0.29) is 23.0 Å². The maximum absolute atomic E-state index is 14.0. The van der Waals surface area contributed by atoms with Crippen LogP contribution in [0.25, 0.3) is 0 Å². The first-order valence-corrected chi connectivity index (χ1v) is 15.2. The van der Waals surface area contributed by atoms with Crippen LogP contribution in [0.1, 0.15) is 21.9 Å². The number of anilines is 2. The van der Waals surface area contributed by atoms with Gasteiger partial charge in [-0.2, -0.15) is 13.2 Å². The van der Waals surface area contributed by atoms with Crippen LogP contribution in [0, 0.1) is 5.92 Å². The highest BCUT2D eigenvalue weighted by Gasteiger charge is 2.57. The molecular weight excluding hydrogens is 605 g/mol. The van der Waals surface area contributed by atoms with Gasteiger partial charge in [-0.15, -0.1) is 0 Å². The Bertz CT molecular complexity index is 1650. The van der Waals surface area contributed by atoms with Crippen molar-refractivity contribution in [2.45, 2.75) is 28.9 Å². The van der Waals surface area contributed by atoms with Gasteiger partial charge in [0.1, 0.15) is 11.8 Å². The van der Waals surface area contributed by atoms with E-state index in [0.29, 0.717) is 41.8 Å². The molecule has 3 aliphatic rings. The fourth-order valence-corrected chi connectivity index (χ4v) is 8.49. The molecule has 2 saturated heterocycles. The van der Waals surface area contributed by atoms with Gasteiger partial charge in [0.25, 0.3) is 0 Å². The van der Waals surface area contributed by atoms with Crippen molar-refractivity contribution < 1.29 is 32.3 Å². The fourth-order valence-electron chi connectivity index (χ4n) is 5.72. The number of rotatable bonds is 5. The van der Waals surface area contributed by atoms with Crippen molar-refractivity contribution in [2.24, 2.45) is 5.92 Å². The third-order valence-corrected chi connectivity index (χ3v) is 10.5. The molecule has 9 nitrogen and oxygen atoms in total. The lowest BCUT2D eigenvalue weighted by molar-refractivity contribution is -0.138. The van der Waals surface area contributed by atoms with Gasteiger partial charge in [0, 0.05) is 43.7 Å². The molecule has 226 valence electrons. The van der Waals surface area contributed by atoms with Crippen LogP contribution in [-0.4, -0.2) is 72.8 Å². The Labute approximate surface area is 252 Å². The van der Waals surface area contributed by atoms with Crippen molar-refractivity contribution in [1.82, 2.24) is 9.47 Å². The van der Waals surface area contributed by atoms with Crippen molar-refractivity contribution in [3.8, 4) is 0 Å². The number of carbonyl (C=O) groups is 3. The number of fused-ring (bicyclic) bond motifs is 2. The minimum atomic E-state index is -4.66. The summed E-state index contributed by atoms with van der Waals surface area (Å²) in [5.74, 6) is -3.25. The number of amides is 3. The van der Waals surface area contributed by atoms with Crippen molar-refractivity contribution >= 4 is 52.2 Å². The Balaban J connectivity index is 1.43. The predicted molar refractivity (Wildman–Crippen MR) is 156 cm³/mol. The highest BCUT2D eigenvalue weighted by molar-refractivity contribution is 8.00. The number of morpholine rings is 1. The third kappa shape index (κ3) is 5.25. The molecule has 3 amide bonds. The number of thioether (sulfide) groups is 1. The van der Waals surface area contributed by atoms with Crippen molar-refractivity contribution in [1.29, 1.82) is 0 Å². The molecule has 0 saturated carbocycles. The number of nitrogens with zero attached hydrogens (tertiary/aromatic N) is 4. The van der Waals surface area contributed by atoms with Gasteiger partial charge in [0.15, 0.2) is 0 Å². The Morgan fingerprint density at radius 3 is 2.37 bits per heavy atom. The quantitative estimate of drug-likeness (QED) is 0.397. The summed E-state index contributed by atoms with van der Waals surface area (Å²) in [5.41, 5.74) is 0.442. The smallest absolute Gasteiger partial charge is 0.378 e. The van der Waals surface area contributed by atoms with Gasteiger partial charge in [-0.05, 0) is 35.9 Å². The number of aromatic nitrogens is 1. The van der Waals surface area contributed by atoms with E-state index in [9.17, 15) is 32.3 Å². The molecule has 4 heterocycles. The van der Waals surface area contributed by atoms with E-state index >= 15 is 0 Å². The first-order chi connectivity index (χ1) is 20.5. The zero-order chi connectivity index (χ0) is 30.6. The van der Waals surface area contributed by atoms with E-state index in [1.165, 1.54) is 10.6 Å². The number of hydrogen-bond donors (Lipinski definition) is 0. The largest absolute Gasteiger partial charge is 0.416 e. The van der Waals surface area contributed by atoms with E-state index in [0.717, 1.165) is 51.9 Å². The number of carbonyl (C=O) groups excluding carboxylic acids is 3. The van der Waals surface area contributed by atoms with Crippen LogP contribution < -0.4 is 14.7 Å². The van der Waals surface area contributed by atoms with Crippen LogP contribution in [0.3, 0.4) is 0 Å². The zero-order valence-corrected chi connectivity index (χ0v) is 24.8. The Morgan fingerprint density at radius 1 is 1.02 bits per heavy atom. The summed E-state index contributed by atoms with van der Waals surface area (Å²) in [4.78, 5) is 58.8. The highest BCUT2D eigenvalue weighted by Crippen LogP contribution is 2.54. The van der Waals surface area contributed by atoms with Crippen LogP contribution in [0.15, 0.2) is 58.4 Å².